The molecule has 0 bridgehead atoms. The summed E-state index contributed by atoms with van der Waals surface area (Å²) in [6, 6.07) is 7.10. The maximum absolute atomic E-state index is 12.1. The summed E-state index contributed by atoms with van der Waals surface area (Å²) in [6.07, 6.45) is 3.14. The number of hydrogen-bond acceptors (Lipinski definition) is 5. The highest BCUT2D eigenvalue weighted by molar-refractivity contribution is 5.91. The SMILES string of the molecule is Cc1ccc(OC2CCN(C(=O)c3ccco3)CC2)nn1. The summed E-state index contributed by atoms with van der Waals surface area (Å²) in [5.74, 6) is 0.865. The minimum Gasteiger partial charge on any atom is -0.473 e. The van der Waals surface area contributed by atoms with Gasteiger partial charge in [0, 0.05) is 32.0 Å². The predicted octanol–water partition coefficient (Wildman–Crippen LogP) is 2.06. The van der Waals surface area contributed by atoms with Gasteiger partial charge in [-0.25, -0.2) is 0 Å². The Morgan fingerprint density at radius 2 is 2.10 bits per heavy atom. The second-order valence-corrected chi connectivity index (χ2v) is 5.10. The molecule has 1 aliphatic rings. The molecule has 0 N–H and O–H groups in total. The fourth-order valence-corrected chi connectivity index (χ4v) is 2.35. The van der Waals surface area contributed by atoms with Crippen LogP contribution in [0.2, 0.25) is 0 Å². The Kier molecular flexibility index (Phi) is 3.85. The quantitative estimate of drug-likeness (QED) is 0.864. The van der Waals surface area contributed by atoms with Crippen molar-refractivity contribution >= 4 is 5.91 Å². The van der Waals surface area contributed by atoms with Gasteiger partial charge in [-0.2, -0.15) is 5.10 Å². The van der Waals surface area contributed by atoms with Gasteiger partial charge in [-0.05, 0) is 25.1 Å². The third-order valence-corrected chi connectivity index (χ3v) is 3.52. The van der Waals surface area contributed by atoms with E-state index >= 15 is 0 Å². The maximum Gasteiger partial charge on any atom is 0.289 e. The monoisotopic (exact) mass is 287 g/mol. The van der Waals surface area contributed by atoms with E-state index in [2.05, 4.69) is 10.2 Å². The second kappa shape index (κ2) is 5.95. The molecule has 21 heavy (non-hydrogen) atoms. The molecule has 1 fully saturated rings. The van der Waals surface area contributed by atoms with Gasteiger partial charge in [-0.1, -0.05) is 0 Å². The number of furan rings is 1. The Bertz CT molecular complexity index is 587. The van der Waals surface area contributed by atoms with Gasteiger partial charge in [0.05, 0.1) is 12.0 Å². The van der Waals surface area contributed by atoms with Gasteiger partial charge in [-0.3, -0.25) is 4.79 Å². The molecule has 2 aromatic heterocycles. The number of rotatable bonds is 3. The van der Waals surface area contributed by atoms with Crippen molar-refractivity contribution in [2.24, 2.45) is 0 Å². The third kappa shape index (κ3) is 3.21. The van der Waals surface area contributed by atoms with Crippen molar-refractivity contribution in [3.63, 3.8) is 0 Å². The van der Waals surface area contributed by atoms with Crippen molar-refractivity contribution in [1.82, 2.24) is 15.1 Å². The topological polar surface area (TPSA) is 68.5 Å². The number of piperidine rings is 1. The average Bonchev–Trinajstić information content (AvgIpc) is 3.04. The lowest BCUT2D eigenvalue weighted by molar-refractivity contribution is 0.0557. The van der Waals surface area contributed by atoms with Crippen LogP contribution in [-0.4, -0.2) is 40.2 Å². The number of likely N-dealkylation sites (tertiary alicyclic amines) is 1. The zero-order valence-corrected chi connectivity index (χ0v) is 11.9. The first-order chi connectivity index (χ1) is 10.2. The van der Waals surface area contributed by atoms with E-state index < -0.39 is 0 Å². The van der Waals surface area contributed by atoms with Crippen molar-refractivity contribution in [3.05, 3.63) is 42.0 Å². The number of carbonyl (C=O) groups is 1. The van der Waals surface area contributed by atoms with Gasteiger partial charge in [0.15, 0.2) is 5.76 Å². The van der Waals surface area contributed by atoms with Crippen molar-refractivity contribution < 1.29 is 13.9 Å². The molecule has 3 rings (SSSR count). The zero-order chi connectivity index (χ0) is 14.7. The summed E-state index contributed by atoms with van der Waals surface area (Å²) in [6.45, 7) is 3.20. The molecule has 0 unspecified atom stereocenters. The molecule has 2 aromatic rings. The molecule has 0 saturated carbocycles. The second-order valence-electron chi connectivity index (χ2n) is 5.10. The summed E-state index contributed by atoms with van der Waals surface area (Å²) < 4.78 is 10.9. The normalized spacial score (nSPS) is 16.0. The molecular formula is C15H17N3O3. The molecule has 0 radical (unpaired) electrons. The lowest BCUT2D eigenvalue weighted by Crippen LogP contribution is -2.41. The number of amides is 1. The Morgan fingerprint density at radius 1 is 1.29 bits per heavy atom. The first-order valence-electron chi connectivity index (χ1n) is 7.02. The predicted molar refractivity (Wildman–Crippen MR) is 75.0 cm³/mol. The van der Waals surface area contributed by atoms with Crippen LogP contribution in [0.1, 0.15) is 29.1 Å². The molecule has 0 spiro atoms. The van der Waals surface area contributed by atoms with Crippen LogP contribution < -0.4 is 4.74 Å². The smallest absolute Gasteiger partial charge is 0.289 e. The van der Waals surface area contributed by atoms with Crippen LogP contribution in [0.3, 0.4) is 0 Å². The molecule has 0 atom stereocenters. The van der Waals surface area contributed by atoms with Gasteiger partial charge in [-0.15, -0.1) is 5.10 Å². The zero-order valence-electron chi connectivity index (χ0n) is 11.9. The van der Waals surface area contributed by atoms with Gasteiger partial charge in [0.1, 0.15) is 6.10 Å². The molecule has 1 amide bonds. The summed E-state index contributed by atoms with van der Waals surface area (Å²) in [4.78, 5) is 13.9. The average molecular weight is 287 g/mol. The first-order valence-corrected chi connectivity index (χ1v) is 7.02. The highest BCUT2D eigenvalue weighted by Crippen LogP contribution is 2.18. The number of aryl methyl sites for hydroxylation is 1. The Hall–Kier alpha value is -2.37. The molecule has 6 nitrogen and oxygen atoms in total. The fraction of sp³-hybridized carbons (Fsp3) is 0.400. The van der Waals surface area contributed by atoms with Gasteiger partial charge >= 0.3 is 0 Å². The molecule has 110 valence electrons. The van der Waals surface area contributed by atoms with E-state index in [-0.39, 0.29) is 12.0 Å². The minimum atomic E-state index is -0.0615. The van der Waals surface area contributed by atoms with Crippen LogP contribution in [-0.2, 0) is 0 Å². The van der Waals surface area contributed by atoms with E-state index in [1.165, 1.54) is 6.26 Å². The standard InChI is InChI=1S/C15H17N3O3/c1-11-4-5-14(17-16-11)21-12-6-8-18(9-7-12)15(19)13-3-2-10-20-13/h2-5,10,12H,6-9H2,1H3. The van der Waals surface area contributed by atoms with Crippen molar-refractivity contribution in [2.45, 2.75) is 25.9 Å². The van der Waals surface area contributed by atoms with E-state index in [9.17, 15) is 4.79 Å². The molecule has 6 heteroatoms. The number of aromatic nitrogens is 2. The van der Waals surface area contributed by atoms with Crippen LogP contribution >= 0.6 is 0 Å². The van der Waals surface area contributed by atoms with Crippen LogP contribution in [0.25, 0.3) is 0 Å². The fourth-order valence-electron chi connectivity index (χ4n) is 2.35. The summed E-state index contributed by atoms with van der Waals surface area (Å²) in [7, 11) is 0. The lowest BCUT2D eigenvalue weighted by atomic mass is 10.1. The van der Waals surface area contributed by atoms with Crippen LogP contribution in [0.5, 0.6) is 5.88 Å². The summed E-state index contributed by atoms with van der Waals surface area (Å²) >= 11 is 0. The lowest BCUT2D eigenvalue weighted by Gasteiger charge is -2.31. The number of carbonyl (C=O) groups excluding carboxylic acids is 1. The summed E-state index contributed by atoms with van der Waals surface area (Å²) in [5, 5.41) is 7.97. The van der Waals surface area contributed by atoms with Crippen LogP contribution in [0.4, 0.5) is 0 Å². The Labute approximate surface area is 122 Å². The minimum absolute atomic E-state index is 0.0615. The molecule has 1 aliphatic heterocycles. The Morgan fingerprint density at radius 3 is 2.71 bits per heavy atom. The van der Waals surface area contributed by atoms with E-state index in [0.29, 0.717) is 24.7 Å². The number of nitrogens with zero attached hydrogens (tertiary/aromatic N) is 3. The molecule has 3 heterocycles. The van der Waals surface area contributed by atoms with Crippen molar-refractivity contribution in [3.8, 4) is 5.88 Å². The van der Waals surface area contributed by atoms with E-state index in [4.69, 9.17) is 9.15 Å². The first kappa shape index (κ1) is 13.6. The van der Waals surface area contributed by atoms with E-state index in [1.807, 2.05) is 19.1 Å². The molecule has 1 saturated heterocycles. The van der Waals surface area contributed by atoms with Crippen molar-refractivity contribution in [2.75, 3.05) is 13.1 Å². The number of hydrogen-bond donors (Lipinski definition) is 0. The van der Waals surface area contributed by atoms with Gasteiger partial charge < -0.3 is 14.1 Å². The van der Waals surface area contributed by atoms with Crippen molar-refractivity contribution in [1.29, 1.82) is 0 Å². The summed E-state index contributed by atoms with van der Waals surface area (Å²) in [5.41, 5.74) is 0.862. The number of ether oxygens (including phenoxy) is 1. The Balaban J connectivity index is 1.53. The van der Waals surface area contributed by atoms with Gasteiger partial charge in [0.25, 0.3) is 5.91 Å². The largest absolute Gasteiger partial charge is 0.473 e. The molecular weight excluding hydrogens is 270 g/mol. The van der Waals surface area contributed by atoms with Crippen LogP contribution in [0.15, 0.2) is 34.9 Å². The molecule has 0 aromatic carbocycles. The van der Waals surface area contributed by atoms with Gasteiger partial charge in [0.2, 0.25) is 5.88 Å². The van der Waals surface area contributed by atoms with Crippen LogP contribution in [0, 0.1) is 6.92 Å². The van der Waals surface area contributed by atoms with E-state index in [0.717, 1.165) is 18.5 Å². The van der Waals surface area contributed by atoms with E-state index in [1.54, 1.807) is 17.0 Å². The third-order valence-electron chi connectivity index (χ3n) is 3.52. The highest BCUT2D eigenvalue weighted by Gasteiger charge is 2.26. The molecule has 0 aliphatic carbocycles. The highest BCUT2D eigenvalue weighted by atomic mass is 16.5. The maximum atomic E-state index is 12.1.